The van der Waals surface area contributed by atoms with Crippen LogP contribution in [0.5, 0.6) is 0 Å². The quantitative estimate of drug-likeness (QED) is 0.422. The third-order valence-electron chi connectivity index (χ3n) is 1.78. The van der Waals surface area contributed by atoms with Crippen molar-refractivity contribution < 1.29 is 0 Å². The molecule has 0 fully saturated rings. The number of hydrogen-bond acceptors (Lipinski definition) is 2. The van der Waals surface area contributed by atoms with Crippen LogP contribution in [0.1, 0.15) is 26.7 Å². The van der Waals surface area contributed by atoms with Gasteiger partial charge in [-0.3, -0.25) is 0 Å². The van der Waals surface area contributed by atoms with Crippen LogP contribution >= 0.6 is 0 Å². The van der Waals surface area contributed by atoms with Crippen LogP contribution in [0.4, 0.5) is 0 Å². The molecule has 0 saturated heterocycles. The highest BCUT2D eigenvalue weighted by atomic mass is 14.9. The third-order valence-corrected chi connectivity index (χ3v) is 1.78. The summed E-state index contributed by atoms with van der Waals surface area (Å²) in [5.41, 5.74) is 0. The Bertz CT molecular complexity index is 111. The number of hydrogen-bond donors (Lipinski definition) is 2. The molecule has 2 nitrogen and oxygen atoms in total. The first-order chi connectivity index (χ1) is 6.27. The van der Waals surface area contributed by atoms with Gasteiger partial charge in [0.2, 0.25) is 0 Å². The van der Waals surface area contributed by atoms with E-state index < -0.39 is 0 Å². The molecule has 0 spiro atoms. The summed E-state index contributed by atoms with van der Waals surface area (Å²) in [6.07, 6.45) is 4.23. The molecule has 2 N–H and O–H groups in total. The lowest BCUT2D eigenvalue weighted by molar-refractivity contribution is 0.531. The molecule has 13 heavy (non-hydrogen) atoms. The van der Waals surface area contributed by atoms with Crippen molar-refractivity contribution in [3.63, 3.8) is 0 Å². The first-order valence-corrected chi connectivity index (χ1v) is 5.29. The standard InChI is InChI=1S/C11H24N2/c1-4-5-7-12-8-6-9-13-10-11(2)3/h4,11-13H,1,5-10H2,2-3H3. The van der Waals surface area contributed by atoms with Gasteiger partial charge < -0.3 is 10.6 Å². The third kappa shape index (κ3) is 11.7. The monoisotopic (exact) mass is 184 g/mol. The highest BCUT2D eigenvalue weighted by Gasteiger charge is 1.91. The van der Waals surface area contributed by atoms with E-state index in [-0.39, 0.29) is 0 Å². The van der Waals surface area contributed by atoms with E-state index >= 15 is 0 Å². The fourth-order valence-electron chi connectivity index (χ4n) is 1.06. The second-order valence-electron chi connectivity index (χ2n) is 3.78. The van der Waals surface area contributed by atoms with Gasteiger partial charge in [0.25, 0.3) is 0 Å². The molecule has 0 aliphatic rings. The fraction of sp³-hybridized carbons (Fsp3) is 0.818. The van der Waals surface area contributed by atoms with Crippen molar-refractivity contribution in [2.75, 3.05) is 26.2 Å². The Morgan fingerprint density at radius 3 is 2.46 bits per heavy atom. The molecule has 0 aromatic rings. The summed E-state index contributed by atoms with van der Waals surface area (Å²) < 4.78 is 0. The molecule has 0 aromatic heterocycles. The largest absolute Gasteiger partial charge is 0.316 e. The summed E-state index contributed by atoms with van der Waals surface area (Å²) in [7, 11) is 0. The second-order valence-corrected chi connectivity index (χ2v) is 3.78. The first kappa shape index (κ1) is 12.7. The zero-order chi connectivity index (χ0) is 9.94. The van der Waals surface area contributed by atoms with Crippen LogP contribution in [0.25, 0.3) is 0 Å². The smallest absolute Gasteiger partial charge is 0.00144 e. The van der Waals surface area contributed by atoms with Gasteiger partial charge in [-0.05, 0) is 44.9 Å². The maximum Gasteiger partial charge on any atom is -0.00144 e. The number of rotatable bonds is 9. The van der Waals surface area contributed by atoms with E-state index in [0.29, 0.717) is 0 Å². The summed E-state index contributed by atoms with van der Waals surface area (Å²) in [4.78, 5) is 0. The van der Waals surface area contributed by atoms with Crippen molar-refractivity contribution in [3.8, 4) is 0 Å². The van der Waals surface area contributed by atoms with Gasteiger partial charge in [0.1, 0.15) is 0 Å². The molecular weight excluding hydrogens is 160 g/mol. The van der Waals surface area contributed by atoms with Gasteiger partial charge in [0, 0.05) is 0 Å². The second kappa shape index (κ2) is 9.75. The summed E-state index contributed by atoms with van der Waals surface area (Å²) >= 11 is 0. The van der Waals surface area contributed by atoms with Crippen molar-refractivity contribution in [1.29, 1.82) is 0 Å². The fourth-order valence-corrected chi connectivity index (χ4v) is 1.06. The predicted molar refractivity (Wildman–Crippen MR) is 60.0 cm³/mol. The van der Waals surface area contributed by atoms with Gasteiger partial charge in [0.05, 0.1) is 0 Å². The molecule has 0 amide bonds. The molecule has 0 saturated carbocycles. The summed E-state index contributed by atoms with van der Waals surface area (Å²) in [5, 5.41) is 6.78. The van der Waals surface area contributed by atoms with E-state index in [0.717, 1.165) is 38.5 Å². The van der Waals surface area contributed by atoms with Crippen LogP contribution in [0.3, 0.4) is 0 Å². The van der Waals surface area contributed by atoms with Crippen molar-refractivity contribution in [3.05, 3.63) is 12.7 Å². The van der Waals surface area contributed by atoms with Crippen LogP contribution in [-0.2, 0) is 0 Å². The number of nitrogens with one attached hydrogen (secondary N) is 2. The molecule has 0 atom stereocenters. The van der Waals surface area contributed by atoms with Crippen LogP contribution in [0.15, 0.2) is 12.7 Å². The maximum absolute atomic E-state index is 3.67. The lowest BCUT2D eigenvalue weighted by atomic mass is 10.2. The van der Waals surface area contributed by atoms with E-state index in [4.69, 9.17) is 0 Å². The molecule has 0 heterocycles. The average molecular weight is 184 g/mol. The molecule has 0 unspecified atom stereocenters. The Kier molecular flexibility index (Phi) is 9.49. The minimum Gasteiger partial charge on any atom is -0.316 e. The predicted octanol–water partition coefficient (Wildman–Crippen LogP) is 1.79. The maximum atomic E-state index is 3.67. The van der Waals surface area contributed by atoms with Crippen LogP contribution in [-0.4, -0.2) is 26.2 Å². The van der Waals surface area contributed by atoms with E-state index in [1.807, 2.05) is 6.08 Å². The summed E-state index contributed by atoms with van der Waals surface area (Å²) in [5.74, 6) is 0.758. The molecule has 0 aromatic carbocycles. The SMILES string of the molecule is C=CCCNCCCNCC(C)C. The average Bonchev–Trinajstić information content (AvgIpc) is 2.09. The molecule has 0 aliphatic heterocycles. The Morgan fingerprint density at radius 2 is 1.85 bits per heavy atom. The van der Waals surface area contributed by atoms with Crippen LogP contribution in [0, 0.1) is 5.92 Å². The Morgan fingerprint density at radius 1 is 1.15 bits per heavy atom. The van der Waals surface area contributed by atoms with E-state index in [1.54, 1.807) is 0 Å². The zero-order valence-corrected chi connectivity index (χ0v) is 9.10. The highest BCUT2D eigenvalue weighted by molar-refractivity contribution is 4.67. The molecule has 0 bridgehead atoms. The van der Waals surface area contributed by atoms with Gasteiger partial charge in [-0.25, -0.2) is 0 Å². The molecule has 2 heteroatoms. The van der Waals surface area contributed by atoms with Crippen molar-refractivity contribution in [2.45, 2.75) is 26.7 Å². The lowest BCUT2D eigenvalue weighted by Crippen LogP contribution is -2.25. The minimum absolute atomic E-state index is 0.758. The van der Waals surface area contributed by atoms with Crippen molar-refractivity contribution in [1.82, 2.24) is 10.6 Å². The lowest BCUT2D eigenvalue weighted by Gasteiger charge is -2.07. The minimum atomic E-state index is 0.758. The van der Waals surface area contributed by atoms with Gasteiger partial charge in [0.15, 0.2) is 0 Å². The molecule has 0 radical (unpaired) electrons. The Labute approximate surface area is 82.8 Å². The van der Waals surface area contributed by atoms with E-state index in [9.17, 15) is 0 Å². The van der Waals surface area contributed by atoms with Crippen molar-refractivity contribution >= 4 is 0 Å². The molecular formula is C11H24N2. The summed E-state index contributed by atoms with van der Waals surface area (Å²) in [6.45, 7) is 12.6. The van der Waals surface area contributed by atoms with Gasteiger partial charge in [-0.2, -0.15) is 0 Å². The summed E-state index contributed by atoms with van der Waals surface area (Å²) in [6, 6.07) is 0. The first-order valence-electron chi connectivity index (χ1n) is 5.29. The molecule has 0 aliphatic carbocycles. The van der Waals surface area contributed by atoms with Gasteiger partial charge >= 0.3 is 0 Å². The van der Waals surface area contributed by atoms with E-state index in [2.05, 4.69) is 31.1 Å². The Hall–Kier alpha value is -0.340. The van der Waals surface area contributed by atoms with Crippen LogP contribution < -0.4 is 10.6 Å². The zero-order valence-electron chi connectivity index (χ0n) is 9.10. The Balaban J connectivity index is 2.87. The molecule has 0 rings (SSSR count). The van der Waals surface area contributed by atoms with Crippen molar-refractivity contribution in [2.24, 2.45) is 5.92 Å². The van der Waals surface area contributed by atoms with E-state index in [1.165, 1.54) is 6.42 Å². The normalized spacial score (nSPS) is 10.7. The van der Waals surface area contributed by atoms with Crippen LogP contribution in [0.2, 0.25) is 0 Å². The topological polar surface area (TPSA) is 24.1 Å². The van der Waals surface area contributed by atoms with Gasteiger partial charge in [-0.1, -0.05) is 19.9 Å². The molecule has 78 valence electrons. The highest BCUT2D eigenvalue weighted by Crippen LogP contribution is 1.86. The van der Waals surface area contributed by atoms with Gasteiger partial charge in [-0.15, -0.1) is 6.58 Å².